The van der Waals surface area contributed by atoms with Gasteiger partial charge in [-0.2, -0.15) is 0 Å². The zero-order chi connectivity index (χ0) is 17.8. The number of rotatable bonds is 5. The number of fused-ring (bicyclic) bond motifs is 1. The van der Waals surface area contributed by atoms with Gasteiger partial charge in [0.15, 0.2) is 0 Å². The number of methoxy groups -OCH3 is 1. The zero-order valence-electron chi connectivity index (χ0n) is 15.4. The molecule has 0 spiro atoms. The van der Waals surface area contributed by atoms with Gasteiger partial charge in [-0.05, 0) is 75.2 Å². The van der Waals surface area contributed by atoms with Crippen LogP contribution in [0.25, 0.3) is 0 Å². The van der Waals surface area contributed by atoms with Crippen molar-refractivity contribution in [1.82, 2.24) is 4.90 Å². The molecule has 3 rings (SSSR count). The van der Waals surface area contributed by atoms with Crippen LogP contribution in [0.4, 0.5) is 0 Å². The number of hydrogen-bond acceptors (Lipinski definition) is 5. The highest BCUT2D eigenvalue weighted by molar-refractivity contribution is 5.75. The molecule has 25 heavy (non-hydrogen) atoms. The van der Waals surface area contributed by atoms with E-state index in [1.165, 1.54) is 17.5 Å². The summed E-state index contributed by atoms with van der Waals surface area (Å²) in [5.41, 5.74) is 8.89. The molecular formula is C20H30N2O3. The standard InChI is InChI=1S/C20H30N2O3/c1-3-25-20(23)19(21)15-9-11-22(12-10-15)16-8-7-14-5-4-6-18(24-2)17(14)13-16/h4-6,15-16,19H,3,7-13,21H2,1-2H3. The molecule has 0 saturated carbocycles. The molecule has 1 aliphatic carbocycles. The predicted molar refractivity (Wildman–Crippen MR) is 97.7 cm³/mol. The highest BCUT2D eigenvalue weighted by Crippen LogP contribution is 2.33. The van der Waals surface area contributed by atoms with Crippen molar-refractivity contribution >= 4 is 5.97 Å². The summed E-state index contributed by atoms with van der Waals surface area (Å²) >= 11 is 0. The van der Waals surface area contributed by atoms with E-state index in [-0.39, 0.29) is 11.9 Å². The normalized spacial score (nSPS) is 22.9. The molecule has 2 unspecified atom stereocenters. The van der Waals surface area contributed by atoms with Gasteiger partial charge in [0.25, 0.3) is 0 Å². The van der Waals surface area contributed by atoms with Crippen LogP contribution >= 0.6 is 0 Å². The second kappa shape index (κ2) is 8.19. The van der Waals surface area contributed by atoms with Gasteiger partial charge in [-0.1, -0.05) is 12.1 Å². The second-order valence-electron chi connectivity index (χ2n) is 7.15. The third-order valence-electron chi connectivity index (χ3n) is 5.79. The molecule has 1 aliphatic heterocycles. The lowest BCUT2D eigenvalue weighted by molar-refractivity contribution is -0.146. The Kier molecular flexibility index (Phi) is 5.97. The van der Waals surface area contributed by atoms with Crippen LogP contribution in [0.15, 0.2) is 18.2 Å². The molecule has 5 nitrogen and oxygen atoms in total. The van der Waals surface area contributed by atoms with E-state index in [0.29, 0.717) is 12.6 Å². The molecule has 2 atom stereocenters. The van der Waals surface area contributed by atoms with Gasteiger partial charge in [0.05, 0.1) is 13.7 Å². The van der Waals surface area contributed by atoms with E-state index in [1.807, 2.05) is 6.92 Å². The lowest BCUT2D eigenvalue weighted by Crippen LogP contribution is -2.49. The first kappa shape index (κ1) is 18.2. The fourth-order valence-electron chi connectivity index (χ4n) is 4.31. The van der Waals surface area contributed by atoms with E-state index in [4.69, 9.17) is 15.2 Å². The number of esters is 1. The molecule has 0 bridgehead atoms. The highest BCUT2D eigenvalue weighted by Gasteiger charge is 2.33. The van der Waals surface area contributed by atoms with Gasteiger partial charge >= 0.3 is 5.97 Å². The van der Waals surface area contributed by atoms with E-state index in [0.717, 1.165) is 44.5 Å². The Balaban J connectivity index is 1.58. The van der Waals surface area contributed by atoms with Crippen molar-refractivity contribution in [1.29, 1.82) is 0 Å². The number of carbonyl (C=O) groups is 1. The number of piperidine rings is 1. The Morgan fingerprint density at radius 2 is 2.08 bits per heavy atom. The molecule has 1 fully saturated rings. The van der Waals surface area contributed by atoms with Crippen LogP contribution in [0.5, 0.6) is 5.75 Å². The van der Waals surface area contributed by atoms with Crippen LogP contribution in [0.3, 0.4) is 0 Å². The van der Waals surface area contributed by atoms with Crippen molar-refractivity contribution in [3.8, 4) is 5.75 Å². The summed E-state index contributed by atoms with van der Waals surface area (Å²) in [6.07, 6.45) is 5.28. The maximum atomic E-state index is 11.9. The van der Waals surface area contributed by atoms with Crippen LogP contribution in [0.2, 0.25) is 0 Å². The van der Waals surface area contributed by atoms with Crippen molar-refractivity contribution in [2.45, 2.75) is 51.1 Å². The largest absolute Gasteiger partial charge is 0.496 e. The average Bonchev–Trinajstić information content (AvgIpc) is 2.66. The minimum absolute atomic E-state index is 0.237. The van der Waals surface area contributed by atoms with Crippen molar-refractivity contribution in [2.75, 3.05) is 26.8 Å². The molecule has 1 heterocycles. The van der Waals surface area contributed by atoms with Gasteiger partial charge in [0.2, 0.25) is 0 Å². The smallest absolute Gasteiger partial charge is 0.323 e. The number of ether oxygens (including phenoxy) is 2. The number of likely N-dealkylation sites (tertiary alicyclic amines) is 1. The molecule has 1 aromatic carbocycles. The van der Waals surface area contributed by atoms with Crippen LogP contribution in [-0.4, -0.2) is 49.8 Å². The van der Waals surface area contributed by atoms with Gasteiger partial charge in [0, 0.05) is 6.04 Å². The highest BCUT2D eigenvalue weighted by atomic mass is 16.5. The van der Waals surface area contributed by atoms with E-state index in [2.05, 4.69) is 23.1 Å². The molecular weight excluding hydrogens is 316 g/mol. The van der Waals surface area contributed by atoms with Crippen LogP contribution in [0, 0.1) is 5.92 Å². The molecule has 0 amide bonds. The van der Waals surface area contributed by atoms with E-state index in [9.17, 15) is 4.79 Å². The van der Waals surface area contributed by atoms with Crippen LogP contribution in [-0.2, 0) is 22.4 Å². The number of nitrogens with two attached hydrogens (primary N) is 1. The van der Waals surface area contributed by atoms with E-state index in [1.54, 1.807) is 7.11 Å². The van der Waals surface area contributed by atoms with Gasteiger partial charge in [-0.3, -0.25) is 4.79 Å². The van der Waals surface area contributed by atoms with Crippen molar-refractivity contribution in [3.05, 3.63) is 29.3 Å². The van der Waals surface area contributed by atoms with Gasteiger partial charge in [0.1, 0.15) is 11.8 Å². The van der Waals surface area contributed by atoms with Gasteiger partial charge < -0.3 is 20.1 Å². The molecule has 0 radical (unpaired) electrons. The first-order valence-corrected chi connectivity index (χ1v) is 9.45. The van der Waals surface area contributed by atoms with Crippen molar-refractivity contribution in [2.24, 2.45) is 11.7 Å². The van der Waals surface area contributed by atoms with E-state index >= 15 is 0 Å². The number of hydrogen-bond donors (Lipinski definition) is 1. The molecule has 2 N–H and O–H groups in total. The second-order valence-corrected chi connectivity index (χ2v) is 7.15. The third kappa shape index (κ3) is 3.98. The summed E-state index contributed by atoms with van der Waals surface area (Å²) in [5.74, 6) is 0.999. The fourth-order valence-corrected chi connectivity index (χ4v) is 4.31. The number of nitrogens with zero attached hydrogens (tertiary/aromatic N) is 1. The molecule has 1 aromatic rings. The zero-order valence-corrected chi connectivity index (χ0v) is 15.4. The quantitative estimate of drug-likeness (QED) is 0.828. The topological polar surface area (TPSA) is 64.8 Å². The van der Waals surface area contributed by atoms with Crippen molar-refractivity contribution < 1.29 is 14.3 Å². The fraction of sp³-hybridized carbons (Fsp3) is 0.650. The minimum atomic E-state index is -0.478. The minimum Gasteiger partial charge on any atom is -0.496 e. The Morgan fingerprint density at radius 3 is 2.76 bits per heavy atom. The first-order chi connectivity index (χ1) is 12.1. The monoisotopic (exact) mass is 346 g/mol. The molecule has 2 aliphatic rings. The van der Waals surface area contributed by atoms with Crippen LogP contribution < -0.4 is 10.5 Å². The lowest BCUT2D eigenvalue weighted by Gasteiger charge is -2.40. The molecule has 5 heteroatoms. The van der Waals surface area contributed by atoms with Crippen molar-refractivity contribution in [3.63, 3.8) is 0 Å². The molecule has 138 valence electrons. The van der Waals surface area contributed by atoms with E-state index < -0.39 is 6.04 Å². The summed E-state index contributed by atoms with van der Waals surface area (Å²) in [4.78, 5) is 14.4. The van der Waals surface area contributed by atoms with Crippen LogP contribution in [0.1, 0.15) is 37.3 Å². The molecule has 0 aromatic heterocycles. The Bertz CT molecular complexity index is 582. The number of aryl methyl sites for hydroxylation is 1. The first-order valence-electron chi connectivity index (χ1n) is 9.45. The summed E-state index contributed by atoms with van der Waals surface area (Å²) in [5, 5.41) is 0. The summed E-state index contributed by atoms with van der Waals surface area (Å²) in [6.45, 7) is 4.23. The Morgan fingerprint density at radius 1 is 1.32 bits per heavy atom. The third-order valence-corrected chi connectivity index (χ3v) is 5.79. The van der Waals surface area contributed by atoms with Gasteiger partial charge in [-0.15, -0.1) is 0 Å². The number of carbonyl (C=O) groups excluding carboxylic acids is 1. The maximum absolute atomic E-state index is 11.9. The average molecular weight is 346 g/mol. The Labute approximate surface area is 150 Å². The summed E-state index contributed by atoms with van der Waals surface area (Å²) in [6, 6.07) is 6.45. The maximum Gasteiger partial charge on any atom is 0.323 e. The predicted octanol–water partition coefficient (Wildman–Crippen LogP) is 2.15. The number of benzene rings is 1. The lowest BCUT2D eigenvalue weighted by atomic mass is 9.84. The Hall–Kier alpha value is -1.59. The SMILES string of the molecule is CCOC(=O)C(N)C1CCN(C2CCc3cccc(OC)c3C2)CC1. The summed E-state index contributed by atoms with van der Waals surface area (Å²) in [7, 11) is 1.75. The molecule has 1 saturated heterocycles. The van der Waals surface area contributed by atoms with Gasteiger partial charge in [-0.25, -0.2) is 0 Å². The summed E-state index contributed by atoms with van der Waals surface area (Å²) < 4.78 is 10.6.